The van der Waals surface area contributed by atoms with Gasteiger partial charge in [0.05, 0.1) is 24.7 Å². The van der Waals surface area contributed by atoms with Crippen LogP contribution in [0, 0.1) is 16.7 Å². The zero-order chi connectivity index (χ0) is 27.1. The van der Waals surface area contributed by atoms with E-state index in [1.807, 2.05) is 44.3 Å². The average Bonchev–Trinajstić information content (AvgIpc) is 3.58. The van der Waals surface area contributed by atoms with E-state index in [2.05, 4.69) is 12.2 Å². The molecule has 2 heterocycles. The Morgan fingerprint density at radius 3 is 2.66 bits per heavy atom. The first-order chi connectivity index (χ1) is 18.2. The zero-order valence-electron chi connectivity index (χ0n) is 22.0. The summed E-state index contributed by atoms with van der Waals surface area (Å²) in [6.45, 7) is 4.50. The minimum absolute atomic E-state index is 0.0117. The second-order valence-electron chi connectivity index (χ2n) is 11.2. The number of nitrogens with one attached hydrogen (secondary N) is 1. The maximum atomic E-state index is 13.6. The van der Waals surface area contributed by atoms with Crippen LogP contribution >= 0.6 is 11.3 Å². The Morgan fingerprint density at radius 1 is 1.21 bits per heavy atom. The molecule has 0 radical (unpaired) electrons. The molecular weight excluding hydrogens is 502 g/mol. The highest BCUT2D eigenvalue weighted by Crippen LogP contribution is 2.62. The van der Waals surface area contributed by atoms with Gasteiger partial charge >= 0.3 is 0 Å². The van der Waals surface area contributed by atoms with Gasteiger partial charge in [0.25, 0.3) is 5.91 Å². The zero-order valence-corrected chi connectivity index (χ0v) is 22.8. The summed E-state index contributed by atoms with van der Waals surface area (Å²) in [5.74, 6) is -0.439. The number of thiazole rings is 1. The molecule has 0 bridgehead atoms. The Hall–Kier alpha value is -3.01. The molecule has 0 saturated heterocycles. The van der Waals surface area contributed by atoms with Gasteiger partial charge < -0.3 is 19.5 Å². The first kappa shape index (κ1) is 26.6. The summed E-state index contributed by atoms with van der Waals surface area (Å²) in [4.78, 5) is 33.8. The number of amides is 2. The van der Waals surface area contributed by atoms with Crippen molar-refractivity contribution in [1.29, 1.82) is 0 Å². The molecule has 5 unspecified atom stereocenters. The lowest BCUT2D eigenvalue weighted by atomic mass is 9.47. The molecule has 2 aliphatic carbocycles. The van der Waals surface area contributed by atoms with Crippen molar-refractivity contribution in [2.75, 3.05) is 19.0 Å². The van der Waals surface area contributed by atoms with E-state index in [9.17, 15) is 19.8 Å². The smallest absolute Gasteiger partial charge is 0.293 e. The van der Waals surface area contributed by atoms with Crippen LogP contribution in [0.2, 0.25) is 0 Å². The van der Waals surface area contributed by atoms with Crippen molar-refractivity contribution >= 4 is 28.3 Å². The van der Waals surface area contributed by atoms with Gasteiger partial charge in [-0.3, -0.25) is 14.9 Å². The topological polar surface area (TPSA) is 116 Å². The number of hydrogen-bond donors (Lipinski definition) is 3. The molecule has 9 heteroatoms. The highest BCUT2D eigenvalue weighted by Gasteiger charge is 2.59. The van der Waals surface area contributed by atoms with Gasteiger partial charge in [0, 0.05) is 36.2 Å². The van der Waals surface area contributed by atoms with Crippen LogP contribution in [0.5, 0.6) is 0 Å². The molecule has 3 aromatic rings. The maximum Gasteiger partial charge on any atom is 0.293 e. The first-order valence-corrected chi connectivity index (χ1v) is 13.9. The molecule has 8 nitrogen and oxygen atoms in total. The van der Waals surface area contributed by atoms with Crippen LogP contribution in [0.15, 0.2) is 53.1 Å². The van der Waals surface area contributed by atoms with Gasteiger partial charge in [0.15, 0.2) is 10.9 Å². The molecule has 2 aromatic heterocycles. The normalized spacial score (nSPS) is 28.3. The molecule has 5 rings (SSSR count). The largest absolute Gasteiger partial charge is 0.459 e. The highest BCUT2D eigenvalue weighted by molar-refractivity contribution is 7.15. The predicted octanol–water partition coefficient (Wildman–Crippen LogP) is 4.45. The van der Waals surface area contributed by atoms with Crippen molar-refractivity contribution in [3.63, 3.8) is 0 Å². The van der Waals surface area contributed by atoms with E-state index in [1.54, 1.807) is 17.0 Å². The number of carbonyl (C=O) groups is 2. The molecule has 0 spiro atoms. The van der Waals surface area contributed by atoms with Gasteiger partial charge in [0.2, 0.25) is 5.91 Å². The third kappa shape index (κ3) is 4.67. The van der Waals surface area contributed by atoms with Crippen molar-refractivity contribution in [1.82, 2.24) is 9.88 Å². The second kappa shape index (κ2) is 10.3. The third-order valence-electron chi connectivity index (χ3n) is 8.93. The minimum atomic E-state index is -0.705. The fraction of sp³-hybridized carbons (Fsp3) is 0.483. The lowest BCUT2D eigenvalue weighted by Crippen LogP contribution is -2.57. The SMILES string of the molecule is CN(Cc1ccccc1)C(=O)CC1c2nc(NC(=O)c3ccco3)sc2CC2C(C)(CO)C(O)CCC12C. The fourth-order valence-corrected chi connectivity index (χ4v) is 7.61. The van der Waals surface area contributed by atoms with E-state index in [0.717, 1.165) is 22.6 Å². The van der Waals surface area contributed by atoms with E-state index in [0.29, 0.717) is 24.5 Å². The molecule has 2 aliphatic rings. The summed E-state index contributed by atoms with van der Waals surface area (Å²) in [5, 5.41) is 24.7. The molecule has 1 saturated carbocycles. The van der Waals surface area contributed by atoms with Crippen molar-refractivity contribution in [3.8, 4) is 0 Å². The number of benzene rings is 1. The summed E-state index contributed by atoms with van der Waals surface area (Å²) < 4.78 is 5.22. The molecule has 1 fully saturated rings. The van der Waals surface area contributed by atoms with Gasteiger partial charge in [-0.05, 0) is 48.3 Å². The minimum Gasteiger partial charge on any atom is -0.459 e. The van der Waals surface area contributed by atoms with Crippen LogP contribution in [0.4, 0.5) is 5.13 Å². The van der Waals surface area contributed by atoms with E-state index in [1.165, 1.54) is 17.6 Å². The fourth-order valence-electron chi connectivity index (χ4n) is 6.54. The van der Waals surface area contributed by atoms with Crippen LogP contribution in [-0.2, 0) is 17.8 Å². The van der Waals surface area contributed by atoms with Crippen LogP contribution in [0.25, 0.3) is 0 Å². The first-order valence-electron chi connectivity index (χ1n) is 13.1. The summed E-state index contributed by atoms with van der Waals surface area (Å²) in [6, 6.07) is 13.1. The van der Waals surface area contributed by atoms with Crippen molar-refractivity contribution < 1.29 is 24.2 Å². The van der Waals surface area contributed by atoms with Gasteiger partial charge in [-0.15, -0.1) is 11.3 Å². The molecule has 202 valence electrons. The summed E-state index contributed by atoms with van der Waals surface area (Å²) >= 11 is 1.40. The van der Waals surface area contributed by atoms with E-state index >= 15 is 0 Å². The Balaban J connectivity index is 1.48. The van der Waals surface area contributed by atoms with Crippen LogP contribution < -0.4 is 5.32 Å². The number of aromatic nitrogens is 1. The number of anilines is 1. The number of furan rings is 1. The predicted molar refractivity (Wildman–Crippen MR) is 145 cm³/mol. The Bertz CT molecular complexity index is 1290. The second-order valence-corrected chi connectivity index (χ2v) is 12.3. The number of rotatable bonds is 7. The molecular formula is C29H35N3O5S. The molecule has 3 N–H and O–H groups in total. The van der Waals surface area contributed by atoms with Crippen molar-refractivity contribution in [3.05, 3.63) is 70.6 Å². The standard InChI is InChI=1S/C29H35N3O5S/c1-28-12-11-23(34)29(2,17-33)22(28)15-21-25(30-27(38-21)31-26(36)20-10-7-13-37-20)19(28)14-24(35)32(3)16-18-8-5-4-6-9-18/h4-10,13,19,22-23,33-34H,11-12,14-17H2,1-3H3,(H,30,31,36). The Morgan fingerprint density at radius 2 is 1.97 bits per heavy atom. The van der Waals surface area contributed by atoms with Crippen LogP contribution in [0.1, 0.15) is 65.7 Å². The molecule has 1 aromatic carbocycles. The Labute approximate surface area is 226 Å². The van der Waals surface area contributed by atoms with Gasteiger partial charge in [-0.25, -0.2) is 4.98 Å². The lowest BCUT2D eigenvalue weighted by Gasteiger charge is -2.58. The number of aliphatic hydroxyl groups excluding tert-OH is 2. The Kier molecular flexibility index (Phi) is 7.19. The van der Waals surface area contributed by atoms with Gasteiger partial charge in [0.1, 0.15) is 0 Å². The highest BCUT2D eigenvalue weighted by atomic mass is 32.1. The van der Waals surface area contributed by atoms with Crippen molar-refractivity contribution in [2.45, 2.75) is 58.1 Å². The van der Waals surface area contributed by atoms with E-state index in [-0.39, 0.29) is 47.9 Å². The molecule has 0 aliphatic heterocycles. The van der Waals surface area contributed by atoms with Crippen molar-refractivity contribution in [2.24, 2.45) is 16.7 Å². The summed E-state index contributed by atoms with van der Waals surface area (Å²) in [5.41, 5.74) is 0.830. The molecule has 38 heavy (non-hydrogen) atoms. The number of aliphatic hydroxyl groups is 2. The molecule has 2 amide bonds. The van der Waals surface area contributed by atoms with E-state index < -0.39 is 11.5 Å². The lowest BCUT2D eigenvalue weighted by molar-refractivity contribution is -0.147. The van der Waals surface area contributed by atoms with E-state index in [4.69, 9.17) is 9.40 Å². The van der Waals surface area contributed by atoms with Crippen LogP contribution in [-0.4, -0.2) is 51.7 Å². The number of nitrogens with zero attached hydrogens (tertiary/aromatic N) is 2. The number of carbonyl (C=O) groups excluding carboxylic acids is 2. The summed E-state index contributed by atoms with van der Waals surface area (Å²) in [7, 11) is 1.82. The van der Waals surface area contributed by atoms with Crippen LogP contribution in [0.3, 0.4) is 0 Å². The summed E-state index contributed by atoms with van der Waals surface area (Å²) in [6.07, 6.45) is 2.97. The monoisotopic (exact) mass is 537 g/mol. The van der Waals surface area contributed by atoms with Gasteiger partial charge in [-0.1, -0.05) is 44.2 Å². The number of fused-ring (bicyclic) bond motifs is 2. The third-order valence-corrected chi connectivity index (χ3v) is 9.94. The average molecular weight is 538 g/mol. The van der Waals surface area contributed by atoms with Gasteiger partial charge in [-0.2, -0.15) is 0 Å². The number of hydrogen-bond acceptors (Lipinski definition) is 7. The molecule has 5 atom stereocenters. The quantitative estimate of drug-likeness (QED) is 0.410. The maximum absolute atomic E-state index is 13.6.